The van der Waals surface area contributed by atoms with E-state index >= 15 is 0 Å². The van der Waals surface area contributed by atoms with Gasteiger partial charge in [0.05, 0.1) is 11.2 Å². The van der Waals surface area contributed by atoms with Crippen LogP contribution in [0.15, 0.2) is 73.2 Å². The van der Waals surface area contributed by atoms with E-state index in [4.69, 9.17) is 11.6 Å². The summed E-state index contributed by atoms with van der Waals surface area (Å²) in [5.74, 6) is 0.102. The number of pyridine rings is 2. The van der Waals surface area contributed by atoms with Gasteiger partial charge in [-0.1, -0.05) is 35.9 Å². The van der Waals surface area contributed by atoms with Gasteiger partial charge in [-0.25, -0.2) is 4.98 Å². The van der Waals surface area contributed by atoms with Crippen LogP contribution in [0.2, 0.25) is 5.02 Å². The molecule has 1 N–H and O–H groups in total. The highest BCUT2D eigenvalue weighted by Gasteiger charge is 2.18. The Labute approximate surface area is 155 Å². The van der Waals surface area contributed by atoms with Crippen LogP contribution in [0.3, 0.4) is 0 Å². The predicted molar refractivity (Wildman–Crippen MR) is 101 cm³/mol. The number of carbonyl (C=O) groups excluding carboxylic acids is 1. The molecule has 0 spiro atoms. The van der Waals surface area contributed by atoms with Gasteiger partial charge < -0.3 is 5.32 Å². The van der Waals surface area contributed by atoms with Gasteiger partial charge in [0.15, 0.2) is 0 Å². The summed E-state index contributed by atoms with van der Waals surface area (Å²) in [5, 5.41) is 3.56. The van der Waals surface area contributed by atoms with Gasteiger partial charge in [0.25, 0.3) is 5.91 Å². The molecule has 0 fully saturated rings. The average molecular weight is 363 g/mol. The van der Waals surface area contributed by atoms with Gasteiger partial charge in [-0.05, 0) is 35.9 Å². The van der Waals surface area contributed by atoms with Crippen LogP contribution in [-0.2, 0) is 6.54 Å². The number of halogens is 1. The molecule has 0 aliphatic heterocycles. The fraction of sp³-hybridized carbons (Fsp3) is 0.0500. The molecule has 1 amide bonds. The highest BCUT2D eigenvalue weighted by Crippen LogP contribution is 2.26. The zero-order valence-corrected chi connectivity index (χ0v) is 14.5. The van der Waals surface area contributed by atoms with Gasteiger partial charge >= 0.3 is 0 Å². The zero-order chi connectivity index (χ0) is 17.9. The molecule has 128 valence electrons. The molecular formula is C20H15ClN4O. The number of aromatic nitrogens is 3. The predicted octanol–water partition coefficient (Wildman–Crippen LogP) is 3.98. The van der Waals surface area contributed by atoms with Crippen molar-refractivity contribution in [2.75, 3.05) is 0 Å². The Kier molecular flexibility index (Phi) is 4.37. The molecule has 0 unspecified atom stereocenters. The van der Waals surface area contributed by atoms with Crippen molar-refractivity contribution in [1.82, 2.24) is 19.7 Å². The molecule has 26 heavy (non-hydrogen) atoms. The second-order valence-electron chi connectivity index (χ2n) is 5.79. The highest BCUT2D eigenvalue weighted by atomic mass is 35.5. The van der Waals surface area contributed by atoms with Crippen LogP contribution in [-0.4, -0.2) is 20.3 Å². The van der Waals surface area contributed by atoms with Crippen molar-refractivity contribution in [3.05, 3.63) is 89.6 Å². The first-order valence-electron chi connectivity index (χ1n) is 8.12. The third-order valence-electron chi connectivity index (χ3n) is 4.05. The molecule has 3 aromatic heterocycles. The molecule has 6 heteroatoms. The maximum Gasteiger partial charge on any atom is 0.287 e. The first-order chi connectivity index (χ1) is 12.7. The van der Waals surface area contributed by atoms with Crippen LogP contribution in [0.25, 0.3) is 16.8 Å². The third-order valence-corrected chi connectivity index (χ3v) is 4.30. The molecule has 4 rings (SSSR count). The van der Waals surface area contributed by atoms with Gasteiger partial charge in [-0.15, -0.1) is 0 Å². The normalized spacial score (nSPS) is 10.8. The number of amides is 1. The van der Waals surface area contributed by atoms with Gasteiger partial charge in [0, 0.05) is 35.7 Å². The second-order valence-corrected chi connectivity index (χ2v) is 6.23. The molecule has 5 nitrogen and oxygen atoms in total. The summed E-state index contributed by atoms with van der Waals surface area (Å²) >= 11 is 5.98. The van der Waals surface area contributed by atoms with Crippen molar-refractivity contribution in [1.29, 1.82) is 0 Å². The number of nitrogens with zero attached hydrogens (tertiary/aromatic N) is 3. The first kappa shape index (κ1) is 16.3. The lowest BCUT2D eigenvalue weighted by molar-refractivity contribution is 0.0940. The lowest BCUT2D eigenvalue weighted by Crippen LogP contribution is -2.25. The van der Waals surface area contributed by atoms with Crippen LogP contribution >= 0.6 is 11.6 Å². The van der Waals surface area contributed by atoms with Crippen LogP contribution in [0, 0.1) is 0 Å². The average Bonchev–Trinajstić information content (AvgIpc) is 3.07. The van der Waals surface area contributed by atoms with Gasteiger partial charge in [-0.3, -0.25) is 14.2 Å². The second kappa shape index (κ2) is 6.98. The van der Waals surface area contributed by atoms with Gasteiger partial charge in [-0.2, -0.15) is 0 Å². The third kappa shape index (κ3) is 3.17. The summed E-state index contributed by atoms with van der Waals surface area (Å²) in [5.41, 5.74) is 3.44. The minimum absolute atomic E-state index is 0.240. The monoisotopic (exact) mass is 362 g/mol. The van der Waals surface area contributed by atoms with Gasteiger partial charge in [0.1, 0.15) is 0 Å². The highest BCUT2D eigenvalue weighted by molar-refractivity contribution is 6.30. The molecule has 0 aliphatic carbocycles. The van der Waals surface area contributed by atoms with E-state index in [0.29, 0.717) is 17.4 Å². The molecule has 0 aliphatic rings. The van der Waals surface area contributed by atoms with Crippen molar-refractivity contribution >= 4 is 23.0 Å². The quantitative estimate of drug-likeness (QED) is 0.597. The Morgan fingerprint density at radius 3 is 2.69 bits per heavy atom. The molecule has 3 heterocycles. The number of benzene rings is 1. The molecule has 0 saturated carbocycles. The Morgan fingerprint density at radius 2 is 1.92 bits per heavy atom. The van der Waals surface area contributed by atoms with Crippen LogP contribution < -0.4 is 5.32 Å². The van der Waals surface area contributed by atoms with E-state index in [1.807, 2.05) is 60.8 Å². The van der Waals surface area contributed by atoms with Crippen molar-refractivity contribution in [3.8, 4) is 11.3 Å². The number of hydrogen-bond donors (Lipinski definition) is 1. The molecule has 0 radical (unpaired) electrons. The van der Waals surface area contributed by atoms with Crippen molar-refractivity contribution in [3.63, 3.8) is 0 Å². The number of fused-ring (bicyclic) bond motifs is 1. The Morgan fingerprint density at radius 1 is 1.08 bits per heavy atom. The van der Waals surface area contributed by atoms with Crippen LogP contribution in [0.5, 0.6) is 0 Å². The topological polar surface area (TPSA) is 59.3 Å². The van der Waals surface area contributed by atoms with E-state index in [2.05, 4.69) is 15.3 Å². The van der Waals surface area contributed by atoms with Crippen molar-refractivity contribution in [2.24, 2.45) is 0 Å². The Hall–Kier alpha value is -3.18. The summed E-state index contributed by atoms with van der Waals surface area (Å²) in [6, 6.07) is 16.9. The maximum atomic E-state index is 12.7. The number of imidazole rings is 1. The summed E-state index contributed by atoms with van der Waals surface area (Å²) in [6.07, 6.45) is 5.26. The summed E-state index contributed by atoms with van der Waals surface area (Å²) in [4.78, 5) is 21.3. The molecule has 0 bridgehead atoms. The Bertz CT molecular complexity index is 1060. The first-order valence-corrected chi connectivity index (χ1v) is 8.50. The van der Waals surface area contributed by atoms with E-state index in [9.17, 15) is 4.79 Å². The van der Waals surface area contributed by atoms with E-state index in [1.165, 1.54) is 0 Å². The number of nitrogens with one attached hydrogen (secondary N) is 1. The number of carbonyl (C=O) groups is 1. The zero-order valence-electron chi connectivity index (χ0n) is 13.8. The van der Waals surface area contributed by atoms with Crippen LogP contribution in [0.1, 0.15) is 16.2 Å². The maximum absolute atomic E-state index is 12.7. The van der Waals surface area contributed by atoms with Crippen LogP contribution in [0.4, 0.5) is 0 Å². The SMILES string of the molecule is O=C(NCc1cccnc1)c1nc(-c2ccc(Cl)cc2)c2ccccn12. The fourth-order valence-corrected chi connectivity index (χ4v) is 2.91. The molecule has 1 aromatic carbocycles. The molecule has 4 aromatic rings. The van der Waals surface area contributed by atoms with E-state index in [1.54, 1.807) is 16.8 Å². The lowest BCUT2D eigenvalue weighted by Gasteiger charge is -2.04. The minimum Gasteiger partial charge on any atom is -0.345 e. The van der Waals surface area contributed by atoms with Crippen molar-refractivity contribution < 1.29 is 4.79 Å². The van der Waals surface area contributed by atoms with E-state index < -0.39 is 0 Å². The standard InChI is InChI=1S/C20H15ClN4O/c21-16-8-6-15(7-9-16)18-17-5-1-2-11-25(17)19(24-18)20(26)23-13-14-4-3-10-22-12-14/h1-12H,13H2,(H,23,26). The van der Waals surface area contributed by atoms with Crippen molar-refractivity contribution in [2.45, 2.75) is 6.54 Å². The summed E-state index contributed by atoms with van der Waals surface area (Å²) in [7, 11) is 0. The molecule has 0 saturated heterocycles. The van der Waals surface area contributed by atoms with E-state index in [0.717, 1.165) is 22.3 Å². The van der Waals surface area contributed by atoms with E-state index in [-0.39, 0.29) is 5.91 Å². The number of rotatable bonds is 4. The number of hydrogen-bond acceptors (Lipinski definition) is 3. The van der Waals surface area contributed by atoms with Gasteiger partial charge in [0.2, 0.25) is 5.82 Å². The lowest BCUT2D eigenvalue weighted by atomic mass is 10.1. The minimum atomic E-state index is -0.240. The fourth-order valence-electron chi connectivity index (χ4n) is 2.78. The molecular weight excluding hydrogens is 348 g/mol. The summed E-state index contributed by atoms with van der Waals surface area (Å²) in [6.45, 7) is 0.394. The molecule has 0 atom stereocenters. The Balaban J connectivity index is 1.69. The summed E-state index contributed by atoms with van der Waals surface area (Å²) < 4.78 is 1.79. The smallest absolute Gasteiger partial charge is 0.287 e. The largest absolute Gasteiger partial charge is 0.345 e.